The second kappa shape index (κ2) is 11.4. The highest BCUT2D eigenvalue weighted by atomic mass is 15.1. The maximum Gasteiger partial charge on any atom is 0.000965 e. The zero-order valence-corrected chi connectivity index (χ0v) is 12.1. The van der Waals surface area contributed by atoms with E-state index in [-0.39, 0.29) is 0 Å². The number of hydrogen-bond donors (Lipinski definition) is 0. The van der Waals surface area contributed by atoms with Gasteiger partial charge in [0, 0.05) is 6.54 Å². The molecule has 1 heteroatoms. The van der Waals surface area contributed by atoms with E-state index in [1.165, 1.54) is 64.6 Å². The van der Waals surface area contributed by atoms with E-state index in [9.17, 15) is 0 Å². The highest BCUT2D eigenvalue weighted by Gasteiger charge is 2.11. The highest BCUT2D eigenvalue weighted by molar-refractivity contribution is 4.66. The Morgan fingerprint density at radius 3 is 1.81 bits per heavy atom. The van der Waals surface area contributed by atoms with E-state index in [0.29, 0.717) is 0 Å². The SMILES string of the molecule is CCCCN(CCC)CC(CCC)CCC. The molecule has 0 bridgehead atoms. The van der Waals surface area contributed by atoms with Crippen molar-refractivity contribution in [2.45, 2.75) is 72.6 Å². The molecule has 0 N–H and O–H groups in total. The topological polar surface area (TPSA) is 3.24 Å². The molecule has 0 aromatic carbocycles. The van der Waals surface area contributed by atoms with Crippen molar-refractivity contribution in [2.24, 2.45) is 5.92 Å². The Bertz CT molecular complexity index is 127. The molecule has 0 aromatic heterocycles. The molecule has 0 fully saturated rings. The van der Waals surface area contributed by atoms with Crippen LogP contribution in [-0.4, -0.2) is 24.5 Å². The van der Waals surface area contributed by atoms with Crippen molar-refractivity contribution < 1.29 is 0 Å². The lowest BCUT2D eigenvalue weighted by molar-refractivity contribution is 0.213. The lowest BCUT2D eigenvalue weighted by Gasteiger charge is -2.27. The summed E-state index contributed by atoms with van der Waals surface area (Å²) in [6, 6.07) is 0. The van der Waals surface area contributed by atoms with Crippen molar-refractivity contribution in [3.8, 4) is 0 Å². The van der Waals surface area contributed by atoms with Crippen LogP contribution in [0.15, 0.2) is 0 Å². The third kappa shape index (κ3) is 8.15. The van der Waals surface area contributed by atoms with E-state index in [4.69, 9.17) is 0 Å². The smallest absolute Gasteiger partial charge is 0.000965 e. The van der Waals surface area contributed by atoms with Gasteiger partial charge in [0.25, 0.3) is 0 Å². The van der Waals surface area contributed by atoms with Crippen molar-refractivity contribution in [3.05, 3.63) is 0 Å². The summed E-state index contributed by atoms with van der Waals surface area (Å²) in [5.41, 5.74) is 0. The first-order valence-electron chi connectivity index (χ1n) is 7.50. The Morgan fingerprint density at radius 2 is 1.38 bits per heavy atom. The van der Waals surface area contributed by atoms with Gasteiger partial charge in [-0.25, -0.2) is 0 Å². The quantitative estimate of drug-likeness (QED) is 0.494. The van der Waals surface area contributed by atoms with Gasteiger partial charge in [0.2, 0.25) is 0 Å². The molecule has 16 heavy (non-hydrogen) atoms. The van der Waals surface area contributed by atoms with Crippen LogP contribution in [0.5, 0.6) is 0 Å². The molecule has 0 aliphatic rings. The minimum Gasteiger partial charge on any atom is -0.303 e. The number of hydrogen-bond acceptors (Lipinski definition) is 1. The van der Waals surface area contributed by atoms with Gasteiger partial charge in [-0.3, -0.25) is 0 Å². The molecule has 1 nitrogen and oxygen atoms in total. The molecule has 0 saturated carbocycles. The summed E-state index contributed by atoms with van der Waals surface area (Å²) < 4.78 is 0. The molecule has 0 heterocycles. The fraction of sp³-hybridized carbons (Fsp3) is 1.00. The van der Waals surface area contributed by atoms with E-state index < -0.39 is 0 Å². The van der Waals surface area contributed by atoms with Gasteiger partial charge < -0.3 is 4.90 Å². The number of rotatable bonds is 11. The number of unbranched alkanes of at least 4 members (excludes halogenated alkanes) is 1. The molecule has 0 aromatic rings. The van der Waals surface area contributed by atoms with E-state index >= 15 is 0 Å². The van der Waals surface area contributed by atoms with Gasteiger partial charge in [0.15, 0.2) is 0 Å². The van der Waals surface area contributed by atoms with E-state index in [1.54, 1.807) is 0 Å². The maximum atomic E-state index is 2.69. The van der Waals surface area contributed by atoms with E-state index in [1.807, 2.05) is 0 Å². The zero-order valence-electron chi connectivity index (χ0n) is 12.1. The third-order valence-corrected chi connectivity index (χ3v) is 3.28. The van der Waals surface area contributed by atoms with E-state index in [2.05, 4.69) is 32.6 Å². The standard InChI is InChI=1S/C15H33N/c1-5-9-13-16(12-8-4)14-15(10-6-2)11-7-3/h15H,5-14H2,1-4H3. The minimum absolute atomic E-state index is 0.943. The summed E-state index contributed by atoms with van der Waals surface area (Å²) in [6.07, 6.45) is 9.52. The van der Waals surface area contributed by atoms with Crippen molar-refractivity contribution in [2.75, 3.05) is 19.6 Å². The molecule has 0 amide bonds. The van der Waals surface area contributed by atoms with Crippen LogP contribution < -0.4 is 0 Å². The highest BCUT2D eigenvalue weighted by Crippen LogP contribution is 2.15. The monoisotopic (exact) mass is 227 g/mol. The average Bonchev–Trinajstić information content (AvgIpc) is 2.27. The summed E-state index contributed by atoms with van der Waals surface area (Å²) in [5, 5.41) is 0. The second-order valence-corrected chi connectivity index (χ2v) is 5.10. The second-order valence-electron chi connectivity index (χ2n) is 5.10. The van der Waals surface area contributed by atoms with Crippen molar-refractivity contribution in [1.82, 2.24) is 4.90 Å². The molecule has 0 rings (SSSR count). The average molecular weight is 227 g/mol. The molecule has 0 atom stereocenters. The lowest BCUT2D eigenvalue weighted by atomic mass is 9.97. The molecule has 0 unspecified atom stereocenters. The summed E-state index contributed by atoms with van der Waals surface area (Å²) >= 11 is 0. The molecule has 0 saturated heterocycles. The first kappa shape index (κ1) is 16.0. The van der Waals surface area contributed by atoms with Gasteiger partial charge in [-0.05, 0) is 44.7 Å². The Hall–Kier alpha value is -0.0400. The Balaban J connectivity index is 3.98. The lowest BCUT2D eigenvalue weighted by Crippen LogP contribution is -2.31. The first-order chi connectivity index (χ1) is 7.78. The number of nitrogens with zero attached hydrogens (tertiary/aromatic N) is 1. The minimum atomic E-state index is 0.943. The molecular formula is C15H33N. The fourth-order valence-electron chi connectivity index (χ4n) is 2.50. The summed E-state index contributed by atoms with van der Waals surface area (Å²) in [4.78, 5) is 2.69. The van der Waals surface area contributed by atoms with Crippen LogP contribution in [-0.2, 0) is 0 Å². The summed E-state index contributed by atoms with van der Waals surface area (Å²) in [6.45, 7) is 13.2. The van der Waals surface area contributed by atoms with Gasteiger partial charge in [-0.1, -0.05) is 47.0 Å². The summed E-state index contributed by atoms with van der Waals surface area (Å²) in [5.74, 6) is 0.943. The van der Waals surface area contributed by atoms with Gasteiger partial charge in [-0.2, -0.15) is 0 Å². The molecule has 98 valence electrons. The van der Waals surface area contributed by atoms with Gasteiger partial charge >= 0.3 is 0 Å². The Kier molecular flexibility index (Phi) is 11.4. The van der Waals surface area contributed by atoms with Crippen LogP contribution in [0.1, 0.15) is 72.6 Å². The zero-order chi connectivity index (χ0) is 12.2. The normalized spacial score (nSPS) is 11.6. The predicted molar refractivity (Wildman–Crippen MR) is 74.9 cm³/mol. The summed E-state index contributed by atoms with van der Waals surface area (Å²) in [7, 11) is 0. The van der Waals surface area contributed by atoms with Crippen LogP contribution in [0.3, 0.4) is 0 Å². The largest absolute Gasteiger partial charge is 0.303 e. The van der Waals surface area contributed by atoms with Crippen molar-refractivity contribution in [1.29, 1.82) is 0 Å². The van der Waals surface area contributed by atoms with Crippen LogP contribution in [0.25, 0.3) is 0 Å². The van der Waals surface area contributed by atoms with Crippen molar-refractivity contribution in [3.63, 3.8) is 0 Å². The predicted octanol–water partition coefficient (Wildman–Crippen LogP) is 4.71. The van der Waals surface area contributed by atoms with Crippen molar-refractivity contribution >= 4 is 0 Å². The maximum absolute atomic E-state index is 2.69. The van der Waals surface area contributed by atoms with Crippen LogP contribution in [0.2, 0.25) is 0 Å². The third-order valence-electron chi connectivity index (χ3n) is 3.28. The van der Waals surface area contributed by atoms with Gasteiger partial charge in [-0.15, -0.1) is 0 Å². The van der Waals surface area contributed by atoms with Crippen LogP contribution in [0, 0.1) is 5.92 Å². The molecule has 0 radical (unpaired) electrons. The molecular weight excluding hydrogens is 194 g/mol. The Labute approximate surface area is 104 Å². The van der Waals surface area contributed by atoms with Gasteiger partial charge in [0.1, 0.15) is 0 Å². The molecule has 0 spiro atoms. The molecule has 0 aliphatic carbocycles. The fourth-order valence-corrected chi connectivity index (χ4v) is 2.50. The van der Waals surface area contributed by atoms with Crippen LogP contribution >= 0.6 is 0 Å². The molecule has 0 aliphatic heterocycles. The van der Waals surface area contributed by atoms with Gasteiger partial charge in [0.05, 0.1) is 0 Å². The first-order valence-corrected chi connectivity index (χ1v) is 7.50. The van der Waals surface area contributed by atoms with Crippen LogP contribution in [0.4, 0.5) is 0 Å². The van der Waals surface area contributed by atoms with E-state index in [0.717, 1.165) is 5.92 Å². The Morgan fingerprint density at radius 1 is 0.750 bits per heavy atom.